The second-order valence-corrected chi connectivity index (χ2v) is 4.39. The predicted molar refractivity (Wildman–Crippen MR) is 63.2 cm³/mol. The number of esters is 1. The molecule has 1 atom stereocenters. The van der Waals surface area contributed by atoms with Gasteiger partial charge in [-0.25, -0.2) is 4.79 Å². The number of nitriles is 1. The maximum absolute atomic E-state index is 11.6. The lowest BCUT2D eigenvalue weighted by atomic mass is 9.87. The number of hydrogen-bond acceptors (Lipinski definition) is 4. The second kappa shape index (κ2) is 5.83. The fourth-order valence-electron chi connectivity index (χ4n) is 1.92. The van der Waals surface area contributed by atoms with Crippen LogP contribution in [-0.4, -0.2) is 24.8 Å². The topological polar surface area (TPSA) is 59.3 Å². The van der Waals surface area contributed by atoms with Crippen molar-refractivity contribution in [2.24, 2.45) is 0 Å². The first-order valence-electron chi connectivity index (χ1n) is 5.99. The Morgan fingerprint density at radius 1 is 1.59 bits per heavy atom. The molecule has 1 rings (SSSR count). The van der Waals surface area contributed by atoms with Gasteiger partial charge < -0.3 is 9.47 Å². The molecule has 0 aliphatic carbocycles. The van der Waals surface area contributed by atoms with E-state index in [0.29, 0.717) is 26.1 Å². The molecule has 0 amide bonds. The summed E-state index contributed by atoms with van der Waals surface area (Å²) in [6, 6.07) is 1.97. The molecule has 1 aliphatic rings. The Kier molecular flexibility index (Phi) is 4.71. The number of rotatable bonds is 3. The number of hydrogen-bond donors (Lipinski definition) is 0. The lowest BCUT2D eigenvalue weighted by Gasteiger charge is -2.34. The van der Waals surface area contributed by atoms with Crippen LogP contribution in [-0.2, 0) is 14.3 Å². The average molecular weight is 237 g/mol. The maximum atomic E-state index is 11.6. The van der Waals surface area contributed by atoms with E-state index >= 15 is 0 Å². The summed E-state index contributed by atoms with van der Waals surface area (Å²) in [5.74, 6) is -0.509. The Hall–Kier alpha value is -1.34. The molecule has 1 fully saturated rings. The van der Waals surface area contributed by atoms with Crippen molar-refractivity contribution in [3.05, 3.63) is 11.1 Å². The van der Waals surface area contributed by atoms with E-state index < -0.39 is 5.97 Å². The van der Waals surface area contributed by atoms with Gasteiger partial charge in [0, 0.05) is 0 Å². The molecule has 1 aliphatic heterocycles. The molecular weight excluding hydrogens is 218 g/mol. The molecule has 0 spiro atoms. The van der Waals surface area contributed by atoms with Crippen LogP contribution in [0.2, 0.25) is 0 Å². The van der Waals surface area contributed by atoms with E-state index in [1.54, 1.807) is 6.92 Å². The molecular formula is C13H19NO3. The lowest BCUT2D eigenvalue weighted by Crippen LogP contribution is -2.34. The van der Waals surface area contributed by atoms with E-state index in [4.69, 9.17) is 14.7 Å². The van der Waals surface area contributed by atoms with Crippen LogP contribution >= 0.6 is 0 Å². The van der Waals surface area contributed by atoms with Crippen molar-refractivity contribution < 1.29 is 14.3 Å². The van der Waals surface area contributed by atoms with Gasteiger partial charge in [0.2, 0.25) is 0 Å². The van der Waals surface area contributed by atoms with Gasteiger partial charge in [-0.1, -0.05) is 6.92 Å². The Morgan fingerprint density at radius 2 is 2.29 bits per heavy atom. The van der Waals surface area contributed by atoms with Crippen molar-refractivity contribution in [3.63, 3.8) is 0 Å². The molecule has 0 aromatic rings. The highest BCUT2D eigenvalue weighted by molar-refractivity contribution is 5.93. The third-order valence-electron chi connectivity index (χ3n) is 3.13. The third-order valence-corrected chi connectivity index (χ3v) is 3.13. The zero-order valence-electron chi connectivity index (χ0n) is 10.7. The van der Waals surface area contributed by atoms with Crippen LogP contribution in [0.25, 0.3) is 0 Å². The fraction of sp³-hybridized carbons (Fsp3) is 0.692. The molecule has 17 heavy (non-hydrogen) atoms. The Bertz CT molecular complexity index is 367. The third kappa shape index (κ3) is 3.31. The second-order valence-electron chi connectivity index (χ2n) is 4.39. The van der Waals surface area contributed by atoms with Gasteiger partial charge in [-0.3, -0.25) is 0 Å². The van der Waals surface area contributed by atoms with Crippen molar-refractivity contribution in [1.29, 1.82) is 5.26 Å². The van der Waals surface area contributed by atoms with E-state index in [1.807, 2.05) is 19.9 Å². The van der Waals surface area contributed by atoms with Gasteiger partial charge in [0.15, 0.2) is 0 Å². The van der Waals surface area contributed by atoms with E-state index in [9.17, 15) is 4.79 Å². The summed E-state index contributed by atoms with van der Waals surface area (Å²) in [5.41, 5.74) is 0.763. The molecule has 94 valence electrons. The fourth-order valence-corrected chi connectivity index (χ4v) is 1.92. The quantitative estimate of drug-likeness (QED) is 0.429. The Balaban J connectivity index is 2.94. The highest BCUT2D eigenvalue weighted by Crippen LogP contribution is 2.32. The first-order valence-corrected chi connectivity index (χ1v) is 5.99. The molecule has 0 bridgehead atoms. The number of carbonyl (C=O) groups is 1. The summed E-state index contributed by atoms with van der Waals surface area (Å²) in [6.07, 6.45) is 2.13. The SMILES string of the molecule is CCOC(=O)/C(C#N)=C1\CCO[C@@](C)(CC)C1. The smallest absolute Gasteiger partial charge is 0.348 e. The van der Waals surface area contributed by atoms with E-state index in [1.165, 1.54) is 0 Å². The zero-order valence-corrected chi connectivity index (χ0v) is 10.7. The number of carbonyl (C=O) groups excluding carboxylic acids is 1. The average Bonchev–Trinajstić information content (AvgIpc) is 2.30. The lowest BCUT2D eigenvalue weighted by molar-refractivity contribution is -0.138. The van der Waals surface area contributed by atoms with Crippen molar-refractivity contribution in [2.75, 3.05) is 13.2 Å². The first kappa shape index (κ1) is 13.7. The van der Waals surface area contributed by atoms with Gasteiger partial charge in [0.25, 0.3) is 0 Å². The summed E-state index contributed by atoms with van der Waals surface area (Å²) in [6.45, 7) is 6.63. The van der Waals surface area contributed by atoms with Crippen LogP contribution in [0.1, 0.15) is 40.0 Å². The number of nitrogens with zero attached hydrogens (tertiary/aromatic N) is 1. The van der Waals surface area contributed by atoms with Crippen LogP contribution in [0, 0.1) is 11.3 Å². The number of ether oxygens (including phenoxy) is 2. The van der Waals surface area contributed by atoms with Crippen molar-refractivity contribution in [2.45, 2.75) is 45.6 Å². The normalized spacial score (nSPS) is 27.2. The van der Waals surface area contributed by atoms with Gasteiger partial charge in [-0.05, 0) is 38.7 Å². The van der Waals surface area contributed by atoms with Crippen molar-refractivity contribution >= 4 is 5.97 Å². The molecule has 1 heterocycles. The van der Waals surface area contributed by atoms with Gasteiger partial charge in [0.05, 0.1) is 18.8 Å². The summed E-state index contributed by atoms with van der Waals surface area (Å²) >= 11 is 0. The zero-order chi connectivity index (χ0) is 12.9. The van der Waals surface area contributed by atoms with Gasteiger partial charge >= 0.3 is 5.97 Å². The molecule has 0 aromatic carbocycles. The predicted octanol–water partition coefficient (Wildman–Crippen LogP) is 2.35. The van der Waals surface area contributed by atoms with Gasteiger partial charge in [0.1, 0.15) is 11.6 Å². The summed E-state index contributed by atoms with van der Waals surface area (Å²) in [5, 5.41) is 9.07. The minimum absolute atomic E-state index is 0.162. The molecule has 0 saturated carbocycles. The molecule has 0 unspecified atom stereocenters. The van der Waals surface area contributed by atoms with Gasteiger partial charge in [-0.2, -0.15) is 5.26 Å². The van der Waals surface area contributed by atoms with Crippen LogP contribution in [0.5, 0.6) is 0 Å². The van der Waals surface area contributed by atoms with Crippen molar-refractivity contribution in [1.82, 2.24) is 0 Å². The Morgan fingerprint density at radius 3 is 2.82 bits per heavy atom. The highest BCUT2D eigenvalue weighted by Gasteiger charge is 2.31. The van der Waals surface area contributed by atoms with Crippen LogP contribution in [0.3, 0.4) is 0 Å². The van der Waals surface area contributed by atoms with Crippen LogP contribution < -0.4 is 0 Å². The van der Waals surface area contributed by atoms with E-state index in [2.05, 4.69) is 0 Å². The summed E-state index contributed by atoms with van der Waals surface area (Å²) < 4.78 is 10.6. The molecule has 4 heteroatoms. The maximum Gasteiger partial charge on any atom is 0.348 e. The Labute approximate surface area is 102 Å². The molecule has 4 nitrogen and oxygen atoms in total. The van der Waals surface area contributed by atoms with Crippen molar-refractivity contribution in [3.8, 4) is 6.07 Å². The van der Waals surface area contributed by atoms with E-state index in [0.717, 1.165) is 12.0 Å². The minimum atomic E-state index is -0.509. The standard InChI is InChI=1S/C13H19NO3/c1-4-13(3)8-10(6-7-17-13)11(9-14)12(15)16-5-2/h4-8H2,1-3H3/b11-10+/t13-/m0/s1. The van der Waals surface area contributed by atoms with Gasteiger partial charge in [-0.15, -0.1) is 0 Å². The molecule has 0 aromatic heterocycles. The van der Waals surface area contributed by atoms with E-state index in [-0.39, 0.29) is 11.2 Å². The first-order chi connectivity index (χ1) is 8.06. The molecule has 0 N–H and O–H groups in total. The monoisotopic (exact) mass is 237 g/mol. The highest BCUT2D eigenvalue weighted by atomic mass is 16.5. The van der Waals surface area contributed by atoms with Crippen LogP contribution in [0.15, 0.2) is 11.1 Å². The summed E-state index contributed by atoms with van der Waals surface area (Å²) in [7, 11) is 0. The molecule has 0 radical (unpaired) electrons. The largest absolute Gasteiger partial charge is 0.462 e. The van der Waals surface area contributed by atoms with Crippen LogP contribution in [0.4, 0.5) is 0 Å². The minimum Gasteiger partial charge on any atom is -0.462 e. The molecule has 1 saturated heterocycles. The summed E-state index contributed by atoms with van der Waals surface area (Å²) in [4.78, 5) is 11.6.